The highest BCUT2D eigenvalue weighted by molar-refractivity contribution is 5.85. The Kier molecular flexibility index (Phi) is 7.04. The van der Waals surface area contributed by atoms with E-state index in [1.165, 1.54) is 77.2 Å². The summed E-state index contributed by atoms with van der Waals surface area (Å²) in [6, 6.07) is 0.632. The molecule has 3 atom stereocenters. The van der Waals surface area contributed by atoms with Crippen molar-refractivity contribution in [2.24, 2.45) is 11.8 Å². The molecule has 0 aromatic carbocycles. The molecule has 1 N–H and O–H groups in total. The van der Waals surface area contributed by atoms with Gasteiger partial charge in [-0.2, -0.15) is 0 Å². The highest BCUT2D eigenvalue weighted by atomic mass is 35.5. The number of aliphatic hydroxyl groups is 1. The van der Waals surface area contributed by atoms with Crippen molar-refractivity contribution >= 4 is 12.4 Å². The van der Waals surface area contributed by atoms with Crippen LogP contribution in [-0.2, 0) is 0 Å². The molecule has 0 amide bonds. The van der Waals surface area contributed by atoms with Crippen molar-refractivity contribution in [1.82, 2.24) is 4.90 Å². The predicted molar refractivity (Wildman–Crippen MR) is 95.6 cm³/mol. The molecule has 1 heterocycles. The van der Waals surface area contributed by atoms with E-state index in [1.807, 2.05) is 0 Å². The third-order valence-electron chi connectivity index (χ3n) is 6.79. The van der Waals surface area contributed by atoms with E-state index in [0.29, 0.717) is 12.0 Å². The maximum Gasteiger partial charge on any atom is 0.0693 e. The van der Waals surface area contributed by atoms with Crippen LogP contribution in [0.3, 0.4) is 0 Å². The lowest BCUT2D eigenvalue weighted by Crippen LogP contribution is -2.50. The molecule has 3 unspecified atom stereocenters. The average molecular weight is 330 g/mol. The van der Waals surface area contributed by atoms with Crippen LogP contribution in [0.2, 0.25) is 0 Å². The van der Waals surface area contributed by atoms with Crippen LogP contribution in [0.25, 0.3) is 0 Å². The molecule has 0 bridgehead atoms. The van der Waals surface area contributed by atoms with E-state index >= 15 is 0 Å². The largest absolute Gasteiger partial charge is 0.390 e. The van der Waals surface area contributed by atoms with Crippen LogP contribution in [-0.4, -0.2) is 35.2 Å². The highest BCUT2D eigenvalue weighted by Crippen LogP contribution is 2.46. The quantitative estimate of drug-likeness (QED) is 0.805. The first-order valence-electron chi connectivity index (χ1n) is 9.62. The van der Waals surface area contributed by atoms with Gasteiger partial charge in [-0.3, -0.25) is 0 Å². The molecule has 0 radical (unpaired) electrons. The topological polar surface area (TPSA) is 23.5 Å². The van der Waals surface area contributed by atoms with Crippen LogP contribution < -0.4 is 0 Å². The van der Waals surface area contributed by atoms with Crippen LogP contribution in [0.1, 0.15) is 83.5 Å². The molecule has 1 saturated heterocycles. The molecular weight excluding hydrogens is 294 g/mol. The van der Waals surface area contributed by atoms with Crippen molar-refractivity contribution in [3.8, 4) is 0 Å². The number of hydrogen-bond donors (Lipinski definition) is 1. The van der Waals surface area contributed by atoms with Gasteiger partial charge in [-0.15, -0.1) is 12.4 Å². The zero-order chi connectivity index (χ0) is 14.7. The maximum absolute atomic E-state index is 11.5. The molecule has 130 valence electrons. The second-order valence-electron chi connectivity index (χ2n) is 8.19. The van der Waals surface area contributed by atoms with Crippen LogP contribution in [0.5, 0.6) is 0 Å². The van der Waals surface area contributed by atoms with Gasteiger partial charge in [0.2, 0.25) is 0 Å². The Labute approximate surface area is 143 Å². The number of nitrogens with zero attached hydrogens (tertiary/aromatic N) is 1. The molecule has 3 rings (SSSR count). The molecule has 2 saturated carbocycles. The van der Waals surface area contributed by atoms with E-state index in [-0.39, 0.29) is 18.0 Å². The number of likely N-dealkylation sites (tertiary alicyclic amines) is 1. The summed E-state index contributed by atoms with van der Waals surface area (Å²) in [5, 5.41) is 11.5. The zero-order valence-electron chi connectivity index (χ0n) is 14.4. The molecule has 0 aromatic heterocycles. The maximum atomic E-state index is 11.5. The zero-order valence-corrected chi connectivity index (χ0v) is 15.3. The van der Waals surface area contributed by atoms with Gasteiger partial charge in [0.25, 0.3) is 0 Å². The van der Waals surface area contributed by atoms with Gasteiger partial charge in [-0.25, -0.2) is 0 Å². The lowest BCUT2D eigenvalue weighted by molar-refractivity contribution is -0.0979. The monoisotopic (exact) mass is 329 g/mol. The van der Waals surface area contributed by atoms with Crippen molar-refractivity contribution in [1.29, 1.82) is 0 Å². The lowest BCUT2D eigenvalue weighted by Gasteiger charge is -2.48. The molecular formula is C19H36ClNO. The van der Waals surface area contributed by atoms with E-state index in [0.717, 1.165) is 18.8 Å². The van der Waals surface area contributed by atoms with E-state index in [4.69, 9.17) is 0 Å². The smallest absolute Gasteiger partial charge is 0.0693 e. The van der Waals surface area contributed by atoms with Crippen molar-refractivity contribution in [2.45, 2.75) is 95.1 Å². The van der Waals surface area contributed by atoms with Gasteiger partial charge in [-0.1, -0.05) is 51.4 Å². The van der Waals surface area contributed by atoms with Crippen molar-refractivity contribution in [3.63, 3.8) is 0 Å². The SMILES string of the molecule is CN1CCCCC1CC1(O)CCCCC1C1CCCCC1.Cl. The van der Waals surface area contributed by atoms with Crippen LogP contribution in [0, 0.1) is 11.8 Å². The summed E-state index contributed by atoms with van der Waals surface area (Å²) in [6.07, 6.45) is 17.0. The second-order valence-corrected chi connectivity index (χ2v) is 8.19. The number of halogens is 1. The van der Waals surface area contributed by atoms with E-state index in [1.54, 1.807) is 0 Å². The molecule has 2 aliphatic carbocycles. The minimum atomic E-state index is -0.351. The first kappa shape index (κ1) is 18.5. The predicted octanol–water partition coefficient (Wildman–Crippen LogP) is 4.78. The fourth-order valence-electron chi connectivity index (χ4n) is 5.52. The van der Waals surface area contributed by atoms with Crippen molar-refractivity contribution < 1.29 is 5.11 Å². The molecule has 1 aliphatic heterocycles. The van der Waals surface area contributed by atoms with E-state index < -0.39 is 0 Å². The first-order chi connectivity index (χ1) is 10.2. The van der Waals surface area contributed by atoms with Crippen molar-refractivity contribution in [2.75, 3.05) is 13.6 Å². The standard InChI is InChI=1S/C19H35NO.ClH/c1-20-14-8-6-11-17(20)15-19(21)13-7-5-12-18(19)16-9-3-2-4-10-16;/h16-18,21H,2-15H2,1H3;1H. The highest BCUT2D eigenvalue weighted by Gasteiger charge is 2.44. The summed E-state index contributed by atoms with van der Waals surface area (Å²) in [6.45, 7) is 1.23. The fraction of sp³-hybridized carbons (Fsp3) is 1.00. The van der Waals surface area contributed by atoms with E-state index in [2.05, 4.69) is 11.9 Å². The summed E-state index contributed by atoms with van der Waals surface area (Å²) >= 11 is 0. The second kappa shape index (κ2) is 8.35. The van der Waals surface area contributed by atoms with Crippen molar-refractivity contribution in [3.05, 3.63) is 0 Å². The Morgan fingerprint density at radius 2 is 1.59 bits per heavy atom. The summed E-state index contributed by atoms with van der Waals surface area (Å²) in [4.78, 5) is 2.52. The van der Waals surface area contributed by atoms with Gasteiger partial charge in [-0.05, 0) is 57.5 Å². The average Bonchev–Trinajstić information content (AvgIpc) is 2.51. The summed E-state index contributed by atoms with van der Waals surface area (Å²) in [5.74, 6) is 1.42. The normalized spacial score (nSPS) is 38.5. The van der Waals surface area contributed by atoms with Crippen LogP contribution in [0.4, 0.5) is 0 Å². The molecule has 0 aromatic rings. The van der Waals surface area contributed by atoms with Gasteiger partial charge in [0, 0.05) is 6.04 Å². The molecule has 3 aliphatic rings. The Hall–Kier alpha value is 0.210. The lowest BCUT2D eigenvalue weighted by atomic mass is 9.63. The van der Waals surface area contributed by atoms with Crippen LogP contribution in [0.15, 0.2) is 0 Å². The molecule has 2 nitrogen and oxygen atoms in total. The van der Waals surface area contributed by atoms with Gasteiger partial charge >= 0.3 is 0 Å². The Morgan fingerprint density at radius 3 is 2.32 bits per heavy atom. The summed E-state index contributed by atoms with van der Waals surface area (Å²) < 4.78 is 0. The van der Waals surface area contributed by atoms with Gasteiger partial charge in [0.05, 0.1) is 5.60 Å². The third kappa shape index (κ3) is 4.19. The third-order valence-corrected chi connectivity index (χ3v) is 6.79. The Morgan fingerprint density at radius 1 is 0.909 bits per heavy atom. The minimum absolute atomic E-state index is 0. The van der Waals surface area contributed by atoms with Gasteiger partial charge in [0.15, 0.2) is 0 Å². The summed E-state index contributed by atoms with van der Waals surface area (Å²) in [7, 11) is 2.27. The molecule has 0 spiro atoms. The first-order valence-corrected chi connectivity index (χ1v) is 9.62. The number of piperidine rings is 1. The fourth-order valence-corrected chi connectivity index (χ4v) is 5.52. The van der Waals surface area contributed by atoms with E-state index in [9.17, 15) is 5.11 Å². The van der Waals surface area contributed by atoms with Gasteiger partial charge < -0.3 is 10.0 Å². The van der Waals surface area contributed by atoms with Crippen LogP contribution >= 0.6 is 12.4 Å². The van der Waals surface area contributed by atoms with Gasteiger partial charge in [0.1, 0.15) is 0 Å². The number of hydrogen-bond acceptors (Lipinski definition) is 2. The Bertz CT molecular complexity index is 331. The molecule has 22 heavy (non-hydrogen) atoms. The minimum Gasteiger partial charge on any atom is -0.390 e. The molecule has 3 heteroatoms. The summed E-state index contributed by atoms with van der Waals surface area (Å²) in [5.41, 5.74) is -0.351. The number of rotatable bonds is 3. The Balaban J connectivity index is 0.00000176. The molecule has 3 fully saturated rings.